The number of hydrogen-bond donors (Lipinski definition) is 1. The topological polar surface area (TPSA) is 72.3 Å². The molecule has 164 valence electrons. The van der Waals surface area contributed by atoms with Crippen LogP contribution in [0.1, 0.15) is 49.4 Å². The fraction of sp³-hybridized carbons (Fsp3) is 0.304. The average Bonchev–Trinajstić information content (AvgIpc) is 3.46. The van der Waals surface area contributed by atoms with E-state index in [1.54, 1.807) is 12.1 Å². The molecule has 0 unspecified atom stereocenters. The third-order valence-corrected chi connectivity index (χ3v) is 6.56. The molecule has 1 saturated carbocycles. The van der Waals surface area contributed by atoms with Crippen LogP contribution in [0.4, 0.5) is 4.39 Å². The normalized spacial score (nSPS) is 14.8. The minimum absolute atomic E-state index is 0.0383. The summed E-state index contributed by atoms with van der Waals surface area (Å²) in [5, 5.41) is 15.3. The van der Waals surface area contributed by atoms with Crippen LogP contribution in [0.15, 0.2) is 36.4 Å². The fourth-order valence-corrected chi connectivity index (χ4v) is 4.81. The maximum atomic E-state index is 14.0. The summed E-state index contributed by atoms with van der Waals surface area (Å²) in [6.45, 7) is 2.03. The van der Waals surface area contributed by atoms with Gasteiger partial charge in [0.05, 0.1) is 16.4 Å². The van der Waals surface area contributed by atoms with E-state index < -0.39 is 5.82 Å². The highest BCUT2D eigenvalue weighted by Gasteiger charge is 2.29. The predicted molar refractivity (Wildman–Crippen MR) is 123 cm³/mol. The minimum Gasteiger partial charge on any atom is -0.295 e. The van der Waals surface area contributed by atoms with Gasteiger partial charge in [-0.1, -0.05) is 48.5 Å². The summed E-state index contributed by atoms with van der Waals surface area (Å²) >= 11 is 12.6. The summed E-state index contributed by atoms with van der Waals surface area (Å²) in [6, 6.07) is 10.4. The van der Waals surface area contributed by atoms with E-state index in [0.29, 0.717) is 22.1 Å². The third-order valence-electron chi connectivity index (χ3n) is 6.04. The summed E-state index contributed by atoms with van der Waals surface area (Å²) in [5.74, 6) is 1.09. The van der Waals surface area contributed by atoms with Crippen LogP contribution < -0.4 is 0 Å². The SMILES string of the molecule is Cc1ccc(Cl)cc1-n1c(C2CCCCC2)nc(-c2nn[nH]n2)c1-c1ccc(F)c(Cl)c1. The van der Waals surface area contributed by atoms with Gasteiger partial charge in [0, 0.05) is 16.5 Å². The van der Waals surface area contributed by atoms with Gasteiger partial charge in [-0.2, -0.15) is 5.21 Å². The van der Waals surface area contributed by atoms with Crippen molar-refractivity contribution in [2.75, 3.05) is 0 Å². The summed E-state index contributed by atoms with van der Waals surface area (Å²) in [5.41, 5.74) is 3.97. The molecule has 1 N–H and O–H groups in total. The lowest BCUT2D eigenvalue weighted by molar-refractivity contribution is 0.426. The number of aromatic amines is 1. The van der Waals surface area contributed by atoms with Gasteiger partial charge in [-0.15, -0.1) is 10.2 Å². The van der Waals surface area contributed by atoms with Crippen molar-refractivity contribution in [3.8, 4) is 28.5 Å². The second kappa shape index (κ2) is 8.64. The van der Waals surface area contributed by atoms with E-state index in [2.05, 4.69) is 25.2 Å². The van der Waals surface area contributed by atoms with E-state index in [1.165, 1.54) is 12.5 Å². The van der Waals surface area contributed by atoms with Crippen molar-refractivity contribution in [1.29, 1.82) is 0 Å². The molecule has 5 rings (SSSR count). The van der Waals surface area contributed by atoms with Gasteiger partial charge in [0.15, 0.2) is 0 Å². The van der Waals surface area contributed by atoms with Crippen molar-refractivity contribution in [3.05, 3.63) is 63.6 Å². The molecule has 6 nitrogen and oxygen atoms in total. The number of aromatic nitrogens is 6. The summed E-state index contributed by atoms with van der Waals surface area (Å²) < 4.78 is 16.1. The first-order valence-electron chi connectivity index (χ1n) is 10.6. The smallest absolute Gasteiger partial charge is 0.225 e. The highest BCUT2D eigenvalue weighted by molar-refractivity contribution is 6.31. The molecule has 2 heterocycles. The van der Waals surface area contributed by atoms with E-state index in [9.17, 15) is 4.39 Å². The van der Waals surface area contributed by atoms with E-state index >= 15 is 0 Å². The molecule has 2 aromatic carbocycles. The summed E-state index contributed by atoms with van der Waals surface area (Å²) in [6.07, 6.45) is 5.63. The Morgan fingerprint density at radius 3 is 2.59 bits per heavy atom. The number of nitrogens with zero attached hydrogens (tertiary/aromatic N) is 5. The van der Waals surface area contributed by atoms with Gasteiger partial charge in [-0.25, -0.2) is 9.37 Å². The standard InChI is InChI=1S/C23H21Cl2FN6/c1-13-7-9-16(24)12-19(13)32-21(15-8-10-18(26)17(25)11-15)20(22-28-30-31-29-22)27-23(32)14-5-3-2-4-6-14/h7-12,14H,2-6H2,1H3,(H,28,29,30,31). The maximum Gasteiger partial charge on any atom is 0.225 e. The zero-order valence-corrected chi connectivity index (χ0v) is 19.0. The van der Waals surface area contributed by atoms with Gasteiger partial charge in [0.1, 0.15) is 17.3 Å². The van der Waals surface area contributed by atoms with Crippen molar-refractivity contribution in [2.45, 2.75) is 44.9 Å². The largest absolute Gasteiger partial charge is 0.295 e. The van der Waals surface area contributed by atoms with E-state index in [1.807, 2.05) is 25.1 Å². The number of nitrogens with one attached hydrogen (secondary N) is 1. The van der Waals surface area contributed by atoms with Gasteiger partial charge in [-0.3, -0.25) is 4.57 Å². The second-order valence-corrected chi connectivity index (χ2v) is 8.98. The lowest BCUT2D eigenvalue weighted by Crippen LogP contribution is -2.12. The molecule has 0 aliphatic heterocycles. The Kier molecular flexibility index (Phi) is 5.69. The number of hydrogen-bond acceptors (Lipinski definition) is 4. The van der Waals surface area contributed by atoms with Crippen LogP contribution in [-0.2, 0) is 0 Å². The lowest BCUT2D eigenvalue weighted by Gasteiger charge is -2.24. The quantitative estimate of drug-likeness (QED) is 0.368. The number of benzene rings is 2. The Bertz CT molecular complexity index is 1260. The Hall–Kier alpha value is -2.77. The summed E-state index contributed by atoms with van der Waals surface area (Å²) in [7, 11) is 0. The molecule has 32 heavy (non-hydrogen) atoms. The van der Waals surface area contributed by atoms with Crippen LogP contribution in [0.3, 0.4) is 0 Å². The molecule has 9 heteroatoms. The summed E-state index contributed by atoms with van der Waals surface area (Å²) in [4.78, 5) is 5.05. The first-order valence-corrected chi connectivity index (χ1v) is 11.4. The molecule has 0 atom stereocenters. The van der Waals surface area contributed by atoms with E-state index in [-0.39, 0.29) is 10.9 Å². The van der Waals surface area contributed by atoms with Crippen LogP contribution in [0.25, 0.3) is 28.5 Å². The Morgan fingerprint density at radius 1 is 1.06 bits per heavy atom. The number of H-pyrrole nitrogens is 1. The Balaban J connectivity index is 1.85. The number of tetrazole rings is 1. The molecule has 0 amide bonds. The van der Waals surface area contributed by atoms with Crippen LogP contribution in [0, 0.1) is 12.7 Å². The zero-order valence-electron chi connectivity index (χ0n) is 17.4. The molecule has 1 aliphatic carbocycles. The first kappa shape index (κ1) is 21.1. The molecule has 0 radical (unpaired) electrons. The predicted octanol–water partition coefficient (Wildman–Crippen LogP) is 6.52. The van der Waals surface area contributed by atoms with E-state index in [4.69, 9.17) is 28.2 Å². The first-order chi connectivity index (χ1) is 15.5. The van der Waals surface area contributed by atoms with Gasteiger partial charge in [-0.05, 0) is 60.9 Å². The van der Waals surface area contributed by atoms with Gasteiger partial charge < -0.3 is 0 Å². The monoisotopic (exact) mass is 470 g/mol. The maximum absolute atomic E-state index is 14.0. The molecule has 1 aliphatic rings. The zero-order chi connectivity index (χ0) is 22.2. The molecule has 4 aromatic rings. The van der Waals surface area contributed by atoms with Gasteiger partial charge >= 0.3 is 0 Å². The molecule has 0 bridgehead atoms. The average molecular weight is 471 g/mol. The van der Waals surface area contributed by atoms with Crippen molar-refractivity contribution in [2.24, 2.45) is 0 Å². The molecule has 2 aromatic heterocycles. The molecule has 0 saturated heterocycles. The van der Waals surface area contributed by atoms with E-state index in [0.717, 1.165) is 48.5 Å². The highest BCUT2D eigenvalue weighted by atomic mass is 35.5. The lowest BCUT2D eigenvalue weighted by atomic mass is 9.88. The Labute approximate surface area is 194 Å². The van der Waals surface area contributed by atoms with Crippen LogP contribution in [-0.4, -0.2) is 30.2 Å². The van der Waals surface area contributed by atoms with Gasteiger partial charge in [0.25, 0.3) is 0 Å². The van der Waals surface area contributed by atoms with Crippen LogP contribution >= 0.6 is 23.2 Å². The molecule has 1 fully saturated rings. The third kappa shape index (κ3) is 3.80. The fourth-order valence-electron chi connectivity index (χ4n) is 4.47. The van der Waals surface area contributed by atoms with Crippen LogP contribution in [0.5, 0.6) is 0 Å². The highest BCUT2D eigenvalue weighted by Crippen LogP contribution is 2.41. The number of rotatable bonds is 4. The van der Waals surface area contributed by atoms with Crippen molar-refractivity contribution < 1.29 is 4.39 Å². The van der Waals surface area contributed by atoms with Crippen molar-refractivity contribution in [1.82, 2.24) is 30.2 Å². The number of imidazole rings is 1. The minimum atomic E-state index is -0.478. The van der Waals surface area contributed by atoms with Crippen molar-refractivity contribution >= 4 is 23.2 Å². The van der Waals surface area contributed by atoms with Crippen LogP contribution in [0.2, 0.25) is 10.0 Å². The Morgan fingerprint density at radius 2 is 1.88 bits per heavy atom. The molecule has 0 spiro atoms. The van der Waals surface area contributed by atoms with Crippen molar-refractivity contribution in [3.63, 3.8) is 0 Å². The second-order valence-electron chi connectivity index (χ2n) is 8.13. The number of halogens is 3. The van der Waals surface area contributed by atoms with Gasteiger partial charge in [0.2, 0.25) is 5.82 Å². The molecular weight excluding hydrogens is 450 g/mol. The number of aryl methyl sites for hydroxylation is 1. The molecular formula is C23H21Cl2FN6.